The summed E-state index contributed by atoms with van der Waals surface area (Å²) in [7, 11) is -1.28. The molecule has 0 radical (unpaired) electrons. The van der Waals surface area contributed by atoms with Gasteiger partial charge in [-0.1, -0.05) is 25.6 Å². The third-order valence-corrected chi connectivity index (χ3v) is 3.13. The fourth-order valence-corrected chi connectivity index (χ4v) is 1.92. The van der Waals surface area contributed by atoms with Gasteiger partial charge in [0.2, 0.25) is 0 Å². The topological polar surface area (TPSA) is 32.8 Å². The number of rotatable bonds is 3. The van der Waals surface area contributed by atoms with Gasteiger partial charge < -0.3 is 9.84 Å². The Morgan fingerprint density at radius 3 is 2.57 bits per heavy atom. The van der Waals surface area contributed by atoms with E-state index in [1.165, 1.54) is 0 Å². The molecule has 1 aliphatic heterocycles. The highest BCUT2D eigenvalue weighted by Crippen LogP contribution is 2.38. The van der Waals surface area contributed by atoms with Crippen LogP contribution in [0.15, 0.2) is 0 Å². The molecule has 1 saturated heterocycles. The minimum absolute atomic E-state index is 0.213. The molecule has 3 heteroatoms. The molecule has 0 aliphatic carbocycles. The van der Waals surface area contributed by atoms with E-state index in [0.29, 0.717) is 0 Å². The second-order valence-electron chi connectivity index (χ2n) is 5.08. The Labute approximate surface area is 87.7 Å². The van der Waals surface area contributed by atoms with Gasteiger partial charge in [-0.25, -0.2) is 0 Å². The predicted molar refractivity (Wildman–Crippen MR) is 60.7 cm³/mol. The highest BCUT2D eigenvalue weighted by Gasteiger charge is 2.50. The molecular weight excluding hydrogens is 192 g/mol. The largest absolute Gasteiger partial charge is 0.396 e. The molecule has 1 fully saturated rings. The van der Waals surface area contributed by atoms with E-state index in [2.05, 4.69) is 31.1 Å². The molecule has 0 saturated carbocycles. The van der Waals surface area contributed by atoms with Gasteiger partial charge in [0.05, 0.1) is 6.10 Å². The molecule has 0 spiro atoms. The summed E-state index contributed by atoms with van der Waals surface area (Å²) in [5.74, 6) is 3.24. The van der Waals surface area contributed by atoms with Crippen molar-refractivity contribution in [3.63, 3.8) is 0 Å². The molecule has 1 N–H and O–H groups in total. The van der Waals surface area contributed by atoms with E-state index < -0.39 is 8.07 Å². The third kappa shape index (κ3) is 3.45. The van der Waals surface area contributed by atoms with Crippen LogP contribution in [0.4, 0.5) is 0 Å². The van der Waals surface area contributed by atoms with Crippen molar-refractivity contribution < 1.29 is 9.84 Å². The van der Waals surface area contributed by atoms with Gasteiger partial charge in [-0.3, -0.25) is 0 Å². The second kappa shape index (κ2) is 4.06. The van der Waals surface area contributed by atoms with Crippen LogP contribution in [0.3, 0.4) is 0 Å². The minimum atomic E-state index is -1.28. The molecule has 1 heterocycles. The Morgan fingerprint density at radius 1 is 1.43 bits per heavy atom. The number of aliphatic hydroxyl groups excluding tert-OH is 1. The minimum Gasteiger partial charge on any atom is -0.396 e. The molecule has 1 rings (SSSR count). The van der Waals surface area contributed by atoms with Gasteiger partial charge in [-0.15, -0.1) is 5.54 Å². The molecule has 2 nitrogen and oxygen atoms in total. The summed E-state index contributed by atoms with van der Waals surface area (Å²) in [6.07, 6.45) is 1.99. The van der Waals surface area contributed by atoms with Crippen LogP contribution in [-0.2, 0) is 4.74 Å². The number of ether oxygens (including phenoxy) is 1. The molecule has 0 bridgehead atoms. The molecule has 14 heavy (non-hydrogen) atoms. The van der Waals surface area contributed by atoms with Crippen molar-refractivity contribution in [1.29, 1.82) is 0 Å². The summed E-state index contributed by atoms with van der Waals surface area (Å²) >= 11 is 0. The van der Waals surface area contributed by atoms with Gasteiger partial charge >= 0.3 is 0 Å². The normalized spacial score (nSPS) is 30.8. The first-order chi connectivity index (χ1) is 6.37. The Bertz CT molecular complexity index is 259. The van der Waals surface area contributed by atoms with Crippen LogP contribution in [0.2, 0.25) is 19.6 Å². The van der Waals surface area contributed by atoms with E-state index in [4.69, 9.17) is 9.84 Å². The van der Waals surface area contributed by atoms with E-state index in [1.807, 2.05) is 6.92 Å². The van der Waals surface area contributed by atoms with Gasteiger partial charge in [0.1, 0.15) is 8.07 Å². The van der Waals surface area contributed by atoms with Crippen molar-refractivity contribution in [1.82, 2.24) is 0 Å². The van der Waals surface area contributed by atoms with Crippen molar-refractivity contribution in [2.45, 2.75) is 51.1 Å². The lowest BCUT2D eigenvalue weighted by Gasteiger charge is -2.04. The van der Waals surface area contributed by atoms with Crippen LogP contribution >= 0.6 is 0 Å². The maximum absolute atomic E-state index is 8.69. The van der Waals surface area contributed by atoms with Gasteiger partial charge in [0.25, 0.3) is 0 Å². The molecule has 80 valence electrons. The Balaban J connectivity index is 2.43. The average molecular weight is 212 g/mol. The van der Waals surface area contributed by atoms with Gasteiger partial charge in [-0.2, -0.15) is 0 Å². The molecule has 1 aliphatic rings. The summed E-state index contributed by atoms with van der Waals surface area (Å²) in [4.78, 5) is 0. The fourth-order valence-electron chi connectivity index (χ4n) is 1.29. The summed E-state index contributed by atoms with van der Waals surface area (Å²) in [5.41, 5.74) is 3.12. The zero-order valence-electron chi connectivity index (χ0n) is 9.55. The molecule has 2 atom stereocenters. The summed E-state index contributed by atoms with van der Waals surface area (Å²) in [6, 6.07) is 0. The van der Waals surface area contributed by atoms with E-state index >= 15 is 0 Å². The Kier molecular flexibility index (Phi) is 3.41. The molecule has 2 unspecified atom stereocenters. The van der Waals surface area contributed by atoms with Crippen molar-refractivity contribution >= 4 is 8.07 Å². The van der Waals surface area contributed by atoms with Crippen LogP contribution < -0.4 is 0 Å². The quantitative estimate of drug-likeness (QED) is 0.439. The SMILES string of the molecule is CC1(C#C[Si](C)(C)C)OC1CCCO. The first-order valence-electron chi connectivity index (χ1n) is 5.20. The first kappa shape index (κ1) is 11.8. The Hall–Kier alpha value is -0.303. The van der Waals surface area contributed by atoms with E-state index in [1.54, 1.807) is 0 Å². The standard InChI is InChI=1S/C11H20O2Si/c1-11(7-9-14(2,3)4)10(13-11)6-5-8-12/h10,12H,5-6,8H2,1-4H3. The lowest BCUT2D eigenvalue weighted by atomic mass is 10.1. The first-order valence-corrected chi connectivity index (χ1v) is 8.70. The van der Waals surface area contributed by atoms with Crippen molar-refractivity contribution in [3.8, 4) is 11.5 Å². The maximum atomic E-state index is 8.69. The van der Waals surface area contributed by atoms with E-state index in [0.717, 1.165) is 12.8 Å². The van der Waals surface area contributed by atoms with Crippen LogP contribution in [0.1, 0.15) is 19.8 Å². The summed E-state index contributed by atoms with van der Waals surface area (Å²) in [5, 5.41) is 8.69. The van der Waals surface area contributed by atoms with Crippen LogP contribution in [0.25, 0.3) is 0 Å². The maximum Gasteiger partial charge on any atom is 0.151 e. The summed E-state index contributed by atoms with van der Waals surface area (Å²) in [6.45, 7) is 8.98. The molecule has 0 aromatic heterocycles. The fraction of sp³-hybridized carbons (Fsp3) is 0.818. The number of hydrogen-bond acceptors (Lipinski definition) is 2. The lowest BCUT2D eigenvalue weighted by Crippen LogP contribution is -2.18. The zero-order valence-corrected chi connectivity index (χ0v) is 10.6. The number of epoxide rings is 1. The number of hydrogen-bond donors (Lipinski definition) is 1. The molecular formula is C11H20O2Si. The van der Waals surface area contributed by atoms with Crippen molar-refractivity contribution in [3.05, 3.63) is 0 Å². The van der Waals surface area contributed by atoms with Gasteiger partial charge in [0, 0.05) is 6.61 Å². The van der Waals surface area contributed by atoms with Crippen molar-refractivity contribution in [2.24, 2.45) is 0 Å². The predicted octanol–water partition coefficient (Wildman–Crippen LogP) is 1.80. The van der Waals surface area contributed by atoms with Crippen molar-refractivity contribution in [2.75, 3.05) is 6.61 Å². The van der Waals surface area contributed by atoms with Crippen LogP contribution in [0.5, 0.6) is 0 Å². The Morgan fingerprint density at radius 2 is 2.07 bits per heavy atom. The average Bonchev–Trinajstić information content (AvgIpc) is 2.70. The number of aliphatic hydroxyl groups is 1. The third-order valence-electron chi connectivity index (χ3n) is 2.25. The van der Waals surface area contributed by atoms with Gasteiger partial charge in [0.15, 0.2) is 5.60 Å². The molecule has 0 amide bonds. The molecule has 0 aromatic rings. The van der Waals surface area contributed by atoms with E-state index in [9.17, 15) is 0 Å². The summed E-state index contributed by atoms with van der Waals surface area (Å²) < 4.78 is 5.54. The zero-order chi connectivity index (χ0) is 10.8. The highest BCUT2D eigenvalue weighted by molar-refractivity contribution is 6.83. The molecule has 0 aromatic carbocycles. The van der Waals surface area contributed by atoms with E-state index in [-0.39, 0.29) is 18.3 Å². The monoisotopic (exact) mass is 212 g/mol. The second-order valence-corrected chi connectivity index (χ2v) is 9.83. The highest BCUT2D eigenvalue weighted by atomic mass is 28.3. The van der Waals surface area contributed by atoms with Crippen LogP contribution in [0, 0.1) is 11.5 Å². The smallest absolute Gasteiger partial charge is 0.151 e. The van der Waals surface area contributed by atoms with Crippen LogP contribution in [-0.4, -0.2) is 31.5 Å². The lowest BCUT2D eigenvalue weighted by molar-refractivity contribution is 0.271. The van der Waals surface area contributed by atoms with Gasteiger partial charge in [-0.05, 0) is 19.8 Å².